The Hall–Kier alpha value is -2.29. The van der Waals surface area contributed by atoms with Gasteiger partial charge in [0.2, 0.25) is 0 Å². The van der Waals surface area contributed by atoms with E-state index in [2.05, 4.69) is 5.32 Å². The number of para-hydroxylation sites is 1. The van der Waals surface area contributed by atoms with Crippen LogP contribution in [0.25, 0.3) is 0 Å². The molecule has 0 bridgehead atoms. The number of phenolic OH excluding ortho intramolecular Hbond substituents is 1. The first-order chi connectivity index (χ1) is 8.70. The SMILES string of the molecule is CCc1ccccc1NC(=O)c1ccc(O)cc1. The van der Waals surface area contributed by atoms with E-state index in [-0.39, 0.29) is 11.7 Å². The highest BCUT2D eigenvalue weighted by Gasteiger charge is 2.07. The topological polar surface area (TPSA) is 49.3 Å². The molecule has 0 saturated heterocycles. The molecule has 2 aromatic carbocycles. The van der Waals surface area contributed by atoms with Crippen LogP contribution in [0.1, 0.15) is 22.8 Å². The average Bonchev–Trinajstić information content (AvgIpc) is 2.40. The Labute approximate surface area is 106 Å². The highest BCUT2D eigenvalue weighted by atomic mass is 16.3. The minimum Gasteiger partial charge on any atom is -0.508 e. The van der Waals surface area contributed by atoms with Gasteiger partial charge in [-0.3, -0.25) is 4.79 Å². The van der Waals surface area contributed by atoms with Crippen molar-refractivity contribution in [3.05, 3.63) is 59.7 Å². The predicted octanol–water partition coefficient (Wildman–Crippen LogP) is 3.21. The molecule has 0 saturated carbocycles. The van der Waals surface area contributed by atoms with Crippen LogP contribution in [0, 0.1) is 0 Å². The van der Waals surface area contributed by atoms with Gasteiger partial charge in [-0.25, -0.2) is 0 Å². The van der Waals surface area contributed by atoms with Crippen molar-refractivity contribution < 1.29 is 9.90 Å². The van der Waals surface area contributed by atoms with Crippen LogP contribution < -0.4 is 5.32 Å². The molecule has 0 aliphatic carbocycles. The summed E-state index contributed by atoms with van der Waals surface area (Å²) in [5.74, 6) is -0.0172. The number of aromatic hydroxyl groups is 1. The molecule has 0 aliphatic rings. The van der Waals surface area contributed by atoms with Gasteiger partial charge in [0, 0.05) is 11.3 Å². The number of carbonyl (C=O) groups is 1. The third-order valence-corrected chi connectivity index (χ3v) is 2.78. The zero-order valence-corrected chi connectivity index (χ0v) is 10.2. The van der Waals surface area contributed by atoms with Gasteiger partial charge < -0.3 is 10.4 Å². The zero-order chi connectivity index (χ0) is 13.0. The van der Waals surface area contributed by atoms with Crippen molar-refractivity contribution in [2.45, 2.75) is 13.3 Å². The lowest BCUT2D eigenvalue weighted by Crippen LogP contribution is -2.12. The molecule has 1 amide bonds. The fourth-order valence-corrected chi connectivity index (χ4v) is 1.76. The number of rotatable bonds is 3. The summed E-state index contributed by atoms with van der Waals surface area (Å²) in [6, 6.07) is 13.9. The Bertz CT molecular complexity index is 547. The van der Waals surface area contributed by atoms with E-state index < -0.39 is 0 Å². The van der Waals surface area contributed by atoms with Crippen molar-refractivity contribution in [3.63, 3.8) is 0 Å². The van der Waals surface area contributed by atoms with Gasteiger partial charge in [-0.05, 0) is 42.3 Å². The number of hydrogen-bond donors (Lipinski definition) is 2. The van der Waals surface area contributed by atoms with E-state index in [9.17, 15) is 9.90 Å². The van der Waals surface area contributed by atoms with E-state index >= 15 is 0 Å². The van der Waals surface area contributed by atoms with Crippen molar-refractivity contribution in [2.24, 2.45) is 0 Å². The van der Waals surface area contributed by atoms with Gasteiger partial charge in [-0.2, -0.15) is 0 Å². The molecule has 0 unspecified atom stereocenters. The van der Waals surface area contributed by atoms with Crippen molar-refractivity contribution in [1.29, 1.82) is 0 Å². The Morgan fingerprint density at radius 2 is 1.78 bits per heavy atom. The van der Waals surface area contributed by atoms with Gasteiger partial charge in [-0.15, -0.1) is 0 Å². The van der Waals surface area contributed by atoms with E-state index in [1.165, 1.54) is 12.1 Å². The summed E-state index contributed by atoms with van der Waals surface area (Å²) in [6.07, 6.45) is 0.867. The smallest absolute Gasteiger partial charge is 0.255 e. The van der Waals surface area contributed by atoms with E-state index in [4.69, 9.17) is 0 Å². The Kier molecular flexibility index (Phi) is 3.63. The summed E-state index contributed by atoms with van der Waals surface area (Å²) < 4.78 is 0. The van der Waals surface area contributed by atoms with Crippen LogP contribution in [0.4, 0.5) is 5.69 Å². The molecule has 2 aromatic rings. The zero-order valence-electron chi connectivity index (χ0n) is 10.2. The molecule has 0 heterocycles. The number of hydrogen-bond acceptors (Lipinski definition) is 2. The maximum absolute atomic E-state index is 12.0. The molecular weight excluding hydrogens is 226 g/mol. The molecule has 18 heavy (non-hydrogen) atoms. The van der Waals surface area contributed by atoms with Gasteiger partial charge in [0.1, 0.15) is 5.75 Å². The van der Waals surface area contributed by atoms with E-state index in [0.717, 1.165) is 17.7 Å². The number of carbonyl (C=O) groups excluding carboxylic acids is 1. The van der Waals surface area contributed by atoms with Crippen LogP contribution >= 0.6 is 0 Å². The predicted molar refractivity (Wildman–Crippen MR) is 71.9 cm³/mol. The first kappa shape index (κ1) is 12.2. The normalized spacial score (nSPS) is 10.1. The lowest BCUT2D eigenvalue weighted by molar-refractivity contribution is 0.102. The summed E-state index contributed by atoms with van der Waals surface area (Å²) >= 11 is 0. The van der Waals surface area contributed by atoms with Crippen LogP contribution in [0.2, 0.25) is 0 Å². The minimum absolute atomic E-state index is 0.153. The number of amides is 1. The molecule has 0 fully saturated rings. The first-order valence-corrected chi connectivity index (χ1v) is 5.89. The van der Waals surface area contributed by atoms with Crippen LogP contribution in [-0.4, -0.2) is 11.0 Å². The van der Waals surface area contributed by atoms with E-state index in [1.807, 2.05) is 31.2 Å². The number of phenols is 1. The van der Waals surface area contributed by atoms with Gasteiger partial charge in [0.05, 0.1) is 0 Å². The van der Waals surface area contributed by atoms with Gasteiger partial charge >= 0.3 is 0 Å². The Balaban J connectivity index is 2.18. The van der Waals surface area contributed by atoms with Gasteiger partial charge in [-0.1, -0.05) is 25.1 Å². The van der Waals surface area contributed by atoms with Crippen LogP contribution in [-0.2, 0) is 6.42 Å². The molecule has 0 atom stereocenters. The number of benzene rings is 2. The van der Waals surface area contributed by atoms with Crippen molar-refractivity contribution in [1.82, 2.24) is 0 Å². The molecule has 92 valence electrons. The summed E-state index contributed by atoms with van der Waals surface area (Å²) in [5.41, 5.74) is 2.46. The molecule has 2 rings (SSSR count). The minimum atomic E-state index is -0.170. The molecule has 3 nitrogen and oxygen atoms in total. The first-order valence-electron chi connectivity index (χ1n) is 5.89. The third-order valence-electron chi connectivity index (χ3n) is 2.78. The van der Waals surface area contributed by atoms with Crippen molar-refractivity contribution in [2.75, 3.05) is 5.32 Å². The van der Waals surface area contributed by atoms with Crippen molar-refractivity contribution in [3.8, 4) is 5.75 Å². The van der Waals surface area contributed by atoms with Crippen LogP contribution in [0.3, 0.4) is 0 Å². The van der Waals surface area contributed by atoms with Crippen LogP contribution in [0.15, 0.2) is 48.5 Å². The molecule has 0 aromatic heterocycles. The lowest BCUT2D eigenvalue weighted by atomic mass is 10.1. The standard InChI is InChI=1S/C15H15NO2/c1-2-11-5-3-4-6-14(11)16-15(18)12-7-9-13(17)10-8-12/h3-10,17H,2H2,1H3,(H,16,18). The Morgan fingerprint density at radius 1 is 1.11 bits per heavy atom. The van der Waals surface area contributed by atoms with Crippen molar-refractivity contribution >= 4 is 11.6 Å². The third kappa shape index (κ3) is 2.69. The van der Waals surface area contributed by atoms with Gasteiger partial charge in [0.25, 0.3) is 5.91 Å². The number of anilines is 1. The van der Waals surface area contributed by atoms with E-state index in [1.54, 1.807) is 12.1 Å². The molecule has 0 radical (unpaired) electrons. The second-order valence-electron chi connectivity index (χ2n) is 4.01. The summed E-state index contributed by atoms with van der Waals surface area (Å²) in [7, 11) is 0. The monoisotopic (exact) mass is 241 g/mol. The van der Waals surface area contributed by atoms with E-state index in [0.29, 0.717) is 5.56 Å². The molecule has 0 aliphatic heterocycles. The summed E-state index contributed by atoms with van der Waals surface area (Å²) in [5, 5.41) is 12.1. The highest BCUT2D eigenvalue weighted by molar-refractivity contribution is 6.04. The Morgan fingerprint density at radius 3 is 2.44 bits per heavy atom. The second kappa shape index (κ2) is 5.36. The highest BCUT2D eigenvalue weighted by Crippen LogP contribution is 2.17. The maximum Gasteiger partial charge on any atom is 0.255 e. The van der Waals surface area contributed by atoms with Gasteiger partial charge in [0.15, 0.2) is 0 Å². The molecule has 0 spiro atoms. The molecule has 2 N–H and O–H groups in total. The molecule has 3 heteroatoms. The molecular formula is C15H15NO2. The maximum atomic E-state index is 12.0. The summed E-state index contributed by atoms with van der Waals surface area (Å²) in [6.45, 7) is 2.05. The quantitative estimate of drug-likeness (QED) is 0.866. The lowest BCUT2D eigenvalue weighted by Gasteiger charge is -2.09. The fourth-order valence-electron chi connectivity index (χ4n) is 1.76. The van der Waals surface area contributed by atoms with Crippen LogP contribution in [0.5, 0.6) is 5.75 Å². The number of aryl methyl sites for hydroxylation is 1. The average molecular weight is 241 g/mol. The number of nitrogens with one attached hydrogen (secondary N) is 1. The fraction of sp³-hybridized carbons (Fsp3) is 0.133. The summed E-state index contributed by atoms with van der Waals surface area (Å²) in [4.78, 5) is 12.0. The largest absolute Gasteiger partial charge is 0.508 e. The second-order valence-corrected chi connectivity index (χ2v) is 4.01.